The van der Waals surface area contributed by atoms with E-state index < -0.39 is 5.92 Å². The zero-order valence-corrected chi connectivity index (χ0v) is 13.0. The third kappa shape index (κ3) is 3.48. The maximum absolute atomic E-state index is 12.9. The maximum atomic E-state index is 12.9. The smallest absolute Gasteiger partial charge is 0.245 e. The molecule has 0 spiro atoms. The van der Waals surface area contributed by atoms with Crippen molar-refractivity contribution >= 4 is 5.91 Å². The number of fused-ring (bicyclic) bond motifs is 2. The molecule has 116 valence electrons. The molecule has 2 heterocycles. The third-order valence-corrected chi connectivity index (χ3v) is 4.50. The highest BCUT2D eigenvalue weighted by molar-refractivity contribution is 5.77. The number of carbonyl (C=O) groups excluding carboxylic acids is 1. The van der Waals surface area contributed by atoms with Crippen LogP contribution in [0.5, 0.6) is 0 Å². The standard InChI is InChI=1S/C15H26F2N2O/c1-14(2,3)18-9-11-5-6-12(10-18)19(11)13(20)7-8-15(4,16)17/h11-12H,5-10H2,1-4H3. The molecule has 1 amide bonds. The summed E-state index contributed by atoms with van der Waals surface area (Å²) in [6.07, 6.45) is 1.63. The molecule has 2 saturated heterocycles. The van der Waals surface area contributed by atoms with Gasteiger partial charge in [0.2, 0.25) is 11.8 Å². The van der Waals surface area contributed by atoms with Gasteiger partial charge in [-0.15, -0.1) is 0 Å². The molecule has 2 fully saturated rings. The Balaban J connectivity index is 1.97. The molecule has 0 aromatic heterocycles. The van der Waals surface area contributed by atoms with Crippen LogP contribution in [0.15, 0.2) is 0 Å². The van der Waals surface area contributed by atoms with Crippen molar-refractivity contribution in [2.45, 2.75) is 76.9 Å². The topological polar surface area (TPSA) is 23.6 Å². The van der Waals surface area contributed by atoms with Crippen LogP contribution in [-0.4, -0.2) is 52.3 Å². The molecular weight excluding hydrogens is 262 g/mol. The van der Waals surface area contributed by atoms with Crippen molar-refractivity contribution in [1.29, 1.82) is 0 Å². The van der Waals surface area contributed by atoms with Gasteiger partial charge in [0.15, 0.2) is 0 Å². The van der Waals surface area contributed by atoms with Crippen molar-refractivity contribution in [3.05, 3.63) is 0 Å². The van der Waals surface area contributed by atoms with E-state index in [4.69, 9.17) is 0 Å². The molecule has 2 bridgehead atoms. The van der Waals surface area contributed by atoms with Crippen LogP contribution in [0.25, 0.3) is 0 Å². The van der Waals surface area contributed by atoms with Gasteiger partial charge in [0.05, 0.1) is 0 Å². The van der Waals surface area contributed by atoms with Crippen LogP contribution in [0.1, 0.15) is 53.4 Å². The van der Waals surface area contributed by atoms with Gasteiger partial charge in [-0.1, -0.05) is 0 Å². The fourth-order valence-electron chi connectivity index (χ4n) is 3.31. The van der Waals surface area contributed by atoms with E-state index in [0.717, 1.165) is 32.9 Å². The number of hydrogen-bond acceptors (Lipinski definition) is 2. The summed E-state index contributed by atoms with van der Waals surface area (Å²) in [5.41, 5.74) is 0.104. The van der Waals surface area contributed by atoms with E-state index in [-0.39, 0.29) is 36.4 Å². The molecule has 2 aliphatic heterocycles. The van der Waals surface area contributed by atoms with Gasteiger partial charge in [-0.25, -0.2) is 8.78 Å². The number of amides is 1. The molecule has 0 aromatic carbocycles. The quantitative estimate of drug-likeness (QED) is 0.797. The van der Waals surface area contributed by atoms with E-state index in [0.29, 0.717) is 0 Å². The first-order chi connectivity index (χ1) is 9.08. The van der Waals surface area contributed by atoms with Gasteiger partial charge in [-0.3, -0.25) is 9.69 Å². The molecule has 2 aliphatic rings. The number of carbonyl (C=O) groups is 1. The molecular formula is C15H26F2N2O. The molecule has 20 heavy (non-hydrogen) atoms. The highest BCUT2D eigenvalue weighted by Crippen LogP contribution is 2.34. The number of nitrogens with zero attached hydrogens (tertiary/aromatic N) is 2. The Hall–Kier alpha value is -0.710. The van der Waals surface area contributed by atoms with Crippen molar-refractivity contribution < 1.29 is 13.6 Å². The van der Waals surface area contributed by atoms with Crippen LogP contribution in [-0.2, 0) is 4.79 Å². The molecule has 2 unspecified atom stereocenters. The van der Waals surface area contributed by atoms with Crippen LogP contribution in [0, 0.1) is 0 Å². The van der Waals surface area contributed by atoms with Gasteiger partial charge in [-0.05, 0) is 40.5 Å². The first kappa shape index (κ1) is 15.7. The SMILES string of the molecule is CC(F)(F)CCC(=O)N1C2CCC1CN(C(C)(C)C)C2. The van der Waals surface area contributed by atoms with E-state index in [1.165, 1.54) is 0 Å². The number of likely N-dealkylation sites (tertiary alicyclic amines) is 1. The highest BCUT2D eigenvalue weighted by atomic mass is 19.3. The van der Waals surface area contributed by atoms with E-state index in [9.17, 15) is 13.6 Å². The Kier molecular flexibility index (Phi) is 4.11. The Morgan fingerprint density at radius 1 is 1.10 bits per heavy atom. The minimum absolute atomic E-state index is 0.0357. The summed E-state index contributed by atoms with van der Waals surface area (Å²) in [6, 6.07) is 0.428. The molecule has 0 aromatic rings. The zero-order valence-electron chi connectivity index (χ0n) is 13.0. The number of halogens is 2. The number of hydrogen-bond donors (Lipinski definition) is 0. The Morgan fingerprint density at radius 2 is 1.60 bits per heavy atom. The van der Waals surface area contributed by atoms with Crippen molar-refractivity contribution in [3.63, 3.8) is 0 Å². The van der Waals surface area contributed by atoms with Crippen LogP contribution < -0.4 is 0 Å². The lowest BCUT2D eigenvalue weighted by Gasteiger charge is -2.46. The fourth-order valence-corrected chi connectivity index (χ4v) is 3.31. The minimum Gasteiger partial charge on any atom is -0.334 e. The maximum Gasteiger partial charge on any atom is 0.245 e. The largest absolute Gasteiger partial charge is 0.334 e. The molecule has 5 heteroatoms. The van der Waals surface area contributed by atoms with Gasteiger partial charge in [-0.2, -0.15) is 0 Å². The summed E-state index contributed by atoms with van der Waals surface area (Å²) in [6.45, 7) is 9.17. The lowest BCUT2D eigenvalue weighted by atomic mass is 10.0. The van der Waals surface area contributed by atoms with Crippen LogP contribution in [0.3, 0.4) is 0 Å². The van der Waals surface area contributed by atoms with Gasteiger partial charge in [0.25, 0.3) is 0 Å². The summed E-state index contributed by atoms with van der Waals surface area (Å²) in [5, 5.41) is 0. The van der Waals surface area contributed by atoms with Gasteiger partial charge in [0.1, 0.15) is 0 Å². The van der Waals surface area contributed by atoms with Crippen LogP contribution >= 0.6 is 0 Å². The summed E-state index contributed by atoms with van der Waals surface area (Å²) in [5.74, 6) is -2.84. The highest BCUT2D eigenvalue weighted by Gasteiger charge is 2.44. The first-order valence-electron chi connectivity index (χ1n) is 7.52. The summed E-state index contributed by atoms with van der Waals surface area (Å²) < 4.78 is 25.8. The number of rotatable bonds is 3. The Morgan fingerprint density at radius 3 is 2.00 bits per heavy atom. The van der Waals surface area contributed by atoms with Crippen molar-refractivity contribution in [1.82, 2.24) is 9.80 Å². The summed E-state index contributed by atoms with van der Waals surface area (Å²) in [7, 11) is 0. The van der Waals surface area contributed by atoms with Gasteiger partial charge >= 0.3 is 0 Å². The van der Waals surface area contributed by atoms with Crippen molar-refractivity contribution in [2.24, 2.45) is 0 Å². The predicted octanol–water partition coefficient (Wildman–Crippen LogP) is 2.90. The van der Waals surface area contributed by atoms with Gasteiger partial charge < -0.3 is 4.90 Å². The van der Waals surface area contributed by atoms with Crippen molar-refractivity contribution in [2.75, 3.05) is 13.1 Å². The second-order valence-electron chi connectivity index (χ2n) is 7.33. The third-order valence-electron chi connectivity index (χ3n) is 4.50. The minimum atomic E-state index is -2.75. The summed E-state index contributed by atoms with van der Waals surface area (Å²) in [4.78, 5) is 16.5. The fraction of sp³-hybridized carbons (Fsp3) is 0.933. The molecule has 2 atom stereocenters. The second-order valence-corrected chi connectivity index (χ2v) is 7.33. The van der Waals surface area contributed by atoms with Crippen molar-refractivity contribution in [3.8, 4) is 0 Å². The molecule has 0 N–H and O–H groups in total. The predicted molar refractivity (Wildman–Crippen MR) is 74.8 cm³/mol. The van der Waals surface area contributed by atoms with E-state index in [1.807, 2.05) is 4.90 Å². The molecule has 0 saturated carbocycles. The molecule has 0 aliphatic carbocycles. The second kappa shape index (κ2) is 5.24. The zero-order chi connectivity index (χ0) is 15.1. The molecule has 2 rings (SSSR count). The lowest BCUT2D eigenvalue weighted by molar-refractivity contribution is -0.140. The molecule has 3 nitrogen and oxygen atoms in total. The van der Waals surface area contributed by atoms with E-state index >= 15 is 0 Å². The number of piperazine rings is 1. The average Bonchev–Trinajstić information content (AvgIpc) is 2.54. The lowest BCUT2D eigenvalue weighted by Crippen LogP contribution is -2.60. The summed E-state index contributed by atoms with van der Waals surface area (Å²) >= 11 is 0. The normalized spacial score (nSPS) is 28.0. The number of alkyl halides is 2. The monoisotopic (exact) mass is 288 g/mol. The van der Waals surface area contributed by atoms with Crippen LogP contribution in [0.4, 0.5) is 8.78 Å². The Labute approximate surface area is 120 Å². The average molecular weight is 288 g/mol. The van der Waals surface area contributed by atoms with Gasteiger partial charge in [0, 0.05) is 43.6 Å². The molecule has 0 radical (unpaired) electrons. The van der Waals surface area contributed by atoms with Crippen LogP contribution in [0.2, 0.25) is 0 Å². The Bertz CT molecular complexity index is 359. The van der Waals surface area contributed by atoms with E-state index in [2.05, 4.69) is 25.7 Å². The van der Waals surface area contributed by atoms with E-state index in [1.54, 1.807) is 0 Å². The first-order valence-corrected chi connectivity index (χ1v) is 7.52.